The van der Waals surface area contributed by atoms with E-state index in [1.54, 1.807) is 21.3 Å². The van der Waals surface area contributed by atoms with Crippen LogP contribution in [0, 0.1) is 6.07 Å². The normalized spacial score (nSPS) is 10.5. The van der Waals surface area contributed by atoms with Crippen molar-refractivity contribution < 1.29 is 19.3 Å². The minimum absolute atomic E-state index is 0.128. The molecule has 1 radical (unpaired) electrons. The molecule has 3 rings (SSSR count). The van der Waals surface area contributed by atoms with E-state index in [4.69, 9.17) is 14.2 Å². The SMILES string of the molecule is CCc1[c]c(-c2ccc(OC)cc2)c(-c2ccc(OC)cc2)c(OC)c1O. The number of phenols is 1. The lowest BCUT2D eigenvalue weighted by atomic mass is 9.90. The predicted octanol–water partition coefficient (Wildman–Crippen LogP) is 5.11. The number of methoxy groups -OCH3 is 3. The molecule has 0 aliphatic carbocycles. The van der Waals surface area contributed by atoms with Crippen molar-refractivity contribution in [3.05, 3.63) is 60.2 Å². The Morgan fingerprint density at radius 2 is 1.30 bits per heavy atom. The summed E-state index contributed by atoms with van der Waals surface area (Å²) in [5.74, 6) is 2.12. The molecule has 0 spiro atoms. The highest BCUT2D eigenvalue weighted by atomic mass is 16.5. The third-order valence-corrected chi connectivity index (χ3v) is 4.57. The Morgan fingerprint density at radius 3 is 1.74 bits per heavy atom. The van der Waals surface area contributed by atoms with Gasteiger partial charge in [0, 0.05) is 16.7 Å². The van der Waals surface area contributed by atoms with Crippen molar-refractivity contribution >= 4 is 0 Å². The first kappa shape index (κ1) is 18.6. The second kappa shape index (κ2) is 8.04. The third-order valence-electron chi connectivity index (χ3n) is 4.57. The van der Waals surface area contributed by atoms with Crippen LogP contribution in [0.25, 0.3) is 22.3 Å². The van der Waals surface area contributed by atoms with E-state index in [-0.39, 0.29) is 5.75 Å². The molecule has 0 bridgehead atoms. The molecule has 0 amide bonds. The van der Waals surface area contributed by atoms with E-state index in [0.29, 0.717) is 12.2 Å². The lowest BCUT2D eigenvalue weighted by molar-refractivity contribution is 0.372. The van der Waals surface area contributed by atoms with Crippen LogP contribution in [0.2, 0.25) is 0 Å². The van der Waals surface area contributed by atoms with Crippen LogP contribution >= 0.6 is 0 Å². The number of aryl methyl sites for hydroxylation is 1. The van der Waals surface area contributed by atoms with E-state index in [2.05, 4.69) is 6.07 Å². The number of aromatic hydroxyl groups is 1. The molecule has 0 unspecified atom stereocenters. The van der Waals surface area contributed by atoms with Gasteiger partial charge in [0.05, 0.1) is 21.3 Å². The van der Waals surface area contributed by atoms with E-state index in [1.807, 2.05) is 55.5 Å². The van der Waals surface area contributed by atoms with Gasteiger partial charge in [0.15, 0.2) is 11.5 Å². The van der Waals surface area contributed by atoms with Gasteiger partial charge in [0.25, 0.3) is 0 Å². The molecule has 3 aromatic rings. The maximum absolute atomic E-state index is 10.7. The van der Waals surface area contributed by atoms with Crippen LogP contribution in [0.5, 0.6) is 23.0 Å². The van der Waals surface area contributed by atoms with E-state index < -0.39 is 0 Å². The van der Waals surface area contributed by atoms with Crippen LogP contribution in [0.3, 0.4) is 0 Å². The van der Waals surface area contributed by atoms with Gasteiger partial charge in [-0.1, -0.05) is 31.2 Å². The fraction of sp³-hybridized carbons (Fsp3) is 0.217. The standard InChI is InChI=1S/C23H23O4/c1-5-15-14-20(16-6-10-18(25-2)11-7-16)21(23(27-4)22(15)24)17-8-12-19(26-3)13-9-17/h6-13,24H,5H2,1-4H3. The highest BCUT2D eigenvalue weighted by Gasteiger charge is 2.21. The van der Waals surface area contributed by atoms with Crippen molar-refractivity contribution in [2.24, 2.45) is 0 Å². The molecule has 0 saturated carbocycles. The minimum Gasteiger partial charge on any atom is -0.504 e. The molecule has 1 N–H and O–H groups in total. The van der Waals surface area contributed by atoms with Gasteiger partial charge < -0.3 is 19.3 Å². The number of hydrogen-bond donors (Lipinski definition) is 1. The van der Waals surface area contributed by atoms with Crippen LogP contribution in [-0.4, -0.2) is 26.4 Å². The van der Waals surface area contributed by atoms with Crippen LogP contribution in [0.4, 0.5) is 0 Å². The summed E-state index contributed by atoms with van der Waals surface area (Å²) >= 11 is 0. The van der Waals surface area contributed by atoms with Gasteiger partial charge in [-0.25, -0.2) is 0 Å². The van der Waals surface area contributed by atoms with E-state index in [1.165, 1.54) is 0 Å². The fourth-order valence-corrected chi connectivity index (χ4v) is 3.10. The Labute approximate surface area is 160 Å². The van der Waals surface area contributed by atoms with Crippen molar-refractivity contribution in [1.82, 2.24) is 0 Å². The molecule has 0 fully saturated rings. The maximum atomic E-state index is 10.7. The number of benzene rings is 3. The molecule has 0 saturated heterocycles. The molecule has 0 aliphatic rings. The lowest BCUT2D eigenvalue weighted by Gasteiger charge is -2.18. The molecule has 3 aromatic carbocycles. The molecule has 27 heavy (non-hydrogen) atoms. The summed E-state index contributed by atoms with van der Waals surface area (Å²) in [4.78, 5) is 0. The smallest absolute Gasteiger partial charge is 0.169 e. The third kappa shape index (κ3) is 3.56. The molecular formula is C23H23O4. The first-order valence-corrected chi connectivity index (χ1v) is 8.76. The minimum atomic E-state index is 0.128. The Hall–Kier alpha value is -3.14. The number of hydrogen-bond acceptors (Lipinski definition) is 4. The van der Waals surface area contributed by atoms with Gasteiger partial charge in [0.1, 0.15) is 11.5 Å². The molecule has 4 nitrogen and oxygen atoms in total. The topological polar surface area (TPSA) is 47.9 Å². The van der Waals surface area contributed by atoms with Crippen LogP contribution in [-0.2, 0) is 6.42 Å². The average molecular weight is 363 g/mol. The molecule has 139 valence electrons. The van der Waals surface area contributed by atoms with Gasteiger partial charge in [-0.3, -0.25) is 0 Å². The maximum Gasteiger partial charge on any atom is 0.169 e. The van der Waals surface area contributed by atoms with Crippen LogP contribution < -0.4 is 14.2 Å². The van der Waals surface area contributed by atoms with Gasteiger partial charge >= 0.3 is 0 Å². The van der Waals surface area contributed by atoms with Crippen LogP contribution in [0.1, 0.15) is 12.5 Å². The number of phenolic OH excluding ortho intramolecular Hbond substituents is 1. The summed E-state index contributed by atoms with van der Waals surface area (Å²) in [6, 6.07) is 18.8. The summed E-state index contributed by atoms with van der Waals surface area (Å²) in [6.45, 7) is 1.98. The summed E-state index contributed by atoms with van der Waals surface area (Å²) in [6.07, 6.45) is 0.647. The first-order chi connectivity index (χ1) is 13.1. The van der Waals surface area contributed by atoms with Gasteiger partial charge in [0.2, 0.25) is 0 Å². The largest absolute Gasteiger partial charge is 0.504 e. The van der Waals surface area contributed by atoms with E-state index in [0.717, 1.165) is 39.3 Å². The Kier molecular flexibility index (Phi) is 5.55. The van der Waals surface area contributed by atoms with E-state index >= 15 is 0 Å². The summed E-state index contributed by atoms with van der Waals surface area (Å²) in [5.41, 5.74) is 4.26. The summed E-state index contributed by atoms with van der Waals surface area (Å²) in [7, 11) is 4.84. The fourth-order valence-electron chi connectivity index (χ4n) is 3.10. The molecule has 4 heteroatoms. The lowest BCUT2D eigenvalue weighted by Crippen LogP contribution is -1.97. The molecule has 0 heterocycles. The van der Waals surface area contributed by atoms with Crippen molar-refractivity contribution in [2.75, 3.05) is 21.3 Å². The average Bonchev–Trinajstić information content (AvgIpc) is 2.73. The monoisotopic (exact) mass is 363 g/mol. The molecule has 0 aliphatic heterocycles. The second-order valence-corrected chi connectivity index (χ2v) is 6.05. The highest BCUT2D eigenvalue weighted by Crippen LogP contribution is 2.46. The number of rotatable bonds is 6. The molecule has 0 atom stereocenters. The van der Waals surface area contributed by atoms with Crippen molar-refractivity contribution in [3.63, 3.8) is 0 Å². The quantitative estimate of drug-likeness (QED) is 0.661. The predicted molar refractivity (Wildman–Crippen MR) is 107 cm³/mol. The molecule has 0 aromatic heterocycles. The molecular weight excluding hydrogens is 340 g/mol. The van der Waals surface area contributed by atoms with Crippen molar-refractivity contribution in [1.29, 1.82) is 0 Å². The van der Waals surface area contributed by atoms with Gasteiger partial charge in [-0.15, -0.1) is 0 Å². The van der Waals surface area contributed by atoms with Crippen LogP contribution in [0.15, 0.2) is 48.5 Å². The summed E-state index contributed by atoms with van der Waals surface area (Å²) in [5, 5.41) is 10.7. The number of ether oxygens (including phenoxy) is 3. The van der Waals surface area contributed by atoms with Gasteiger partial charge in [-0.2, -0.15) is 0 Å². The highest BCUT2D eigenvalue weighted by molar-refractivity contribution is 5.90. The Bertz CT molecular complexity index is 913. The first-order valence-electron chi connectivity index (χ1n) is 8.76. The Morgan fingerprint density at radius 1 is 0.778 bits per heavy atom. The van der Waals surface area contributed by atoms with Crippen molar-refractivity contribution in [3.8, 4) is 45.3 Å². The summed E-state index contributed by atoms with van der Waals surface area (Å²) < 4.78 is 16.1. The van der Waals surface area contributed by atoms with Crippen molar-refractivity contribution in [2.45, 2.75) is 13.3 Å². The Balaban J connectivity index is 2.28. The zero-order chi connectivity index (χ0) is 19.4. The zero-order valence-electron chi connectivity index (χ0n) is 16.0. The second-order valence-electron chi connectivity index (χ2n) is 6.05. The van der Waals surface area contributed by atoms with E-state index in [9.17, 15) is 5.11 Å². The zero-order valence-corrected chi connectivity index (χ0v) is 16.0. The van der Waals surface area contributed by atoms with Gasteiger partial charge in [-0.05, 0) is 47.9 Å².